The minimum Gasteiger partial charge on any atom is -0.481 e. The van der Waals surface area contributed by atoms with Crippen molar-refractivity contribution in [2.75, 3.05) is 22.9 Å². The monoisotopic (exact) mass is 830 g/mol. The summed E-state index contributed by atoms with van der Waals surface area (Å²) in [4.78, 5) is 52.7. The van der Waals surface area contributed by atoms with Crippen LogP contribution in [0.15, 0.2) is 109 Å². The molecule has 0 bridgehead atoms. The van der Waals surface area contributed by atoms with Gasteiger partial charge in [-0.25, -0.2) is 8.78 Å². The molecule has 7 rings (SSSR count). The molecule has 0 spiro atoms. The number of fused-ring (bicyclic) bond motifs is 2. The van der Waals surface area contributed by atoms with Crippen molar-refractivity contribution in [2.45, 2.75) is 57.3 Å². The molecular weight excluding hydrogens is 793 g/mol. The molecule has 7 nitrogen and oxygen atoms in total. The van der Waals surface area contributed by atoms with Gasteiger partial charge in [-0.05, 0) is 95.4 Å². The average molecular weight is 832 g/mol. The highest BCUT2D eigenvalue weighted by molar-refractivity contribution is 6.31. The summed E-state index contributed by atoms with van der Waals surface area (Å²) in [6.07, 6.45) is -1.72. The zero-order valence-electron chi connectivity index (χ0n) is 31.1. The third-order valence-corrected chi connectivity index (χ3v) is 10.9. The van der Waals surface area contributed by atoms with Crippen LogP contribution in [0.1, 0.15) is 74.2 Å². The summed E-state index contributed by atoms with van der Waals surface area (Å²) in [5.74, 6) is -2.55. The van der Waals surface area contributed by atoms with Crippen molar-refractivity contribution in [1.29, 1.82) is 0 Å². The molecule has 0 aliphatic carbocycles. The van der Waals surface area contributed by atoms with Crippen molar-refractivity contribution in [1.82, 2.24) is 0 Å². The quantitative estimate of drug-likeness (QED) is 0.168. The molecule has 0 radical (unpaired) electrons. The molecular formula is C45H39Cl3F2N2O5. The second-order valence-corrected chi connectivity index (χ2v) is 15.6. The van der Waals surface area contributed by atoms with Gasteiger partial charge in [-0.3, -0.25) is 19.2 Å². The Balaban J connectivity index is 0.000000199. The van der Waals surface area contributed by atoms with Crippen LogP contribution in [0.4, 0.5) is 20.2 Å². The van der Waals surface area contributed by atoms with Gasteiger partial charge in [0, 0.05) is 62.7 Å². The van der Waals surface area contributed by atoms with E-state index in [9.17, 15) is 28.0 Å². The van der Waals surface area contributed by atoms with Gasteiger partial charge in [0.2, 0.25) is 0 Å². The van der Waals surface area contributed by atoms with E-state index in [2.05, 4.69) is 0 Å². The number of rotatable bonds is 8. The number of hydrogen-bond acceptors (Lipinski definition) is 4. The number of benzene rings is 5. The van der Waals surface area contributed by atoms with E-state index in [1.165, 1.54) is 9.80 Å². The molecule has 0 saturated carbocycles. The van der Waals surface area contributed by atoms with Gasteiger partial charge >= 0.3 is 5.97 Å². The Labute approximate surface area is 344 Å². The van der Waals surface area contributed by atoms with Gasteiger partial charge in [0.25, 0.3) is 11.8 Å². The summed E-state index contributed by atoms with van der Waals surface area (Å²) >= 11 is 17.9. The number of carbonyl (C=O) groups excluding carboxylic acids is 3. The molecule has 0 saturated heterocycles. The molecule has 5 aromatic rings. The maximum Gasteiger partial charge on any atom is 0.310 e. The third-order valence-electron chi connectivity index (χ3n) is 10.2. The number of Topliss-reactive ketones (excluding diaryl/α,β-unsaturated/α-hetero) is 1. The largest absolute Gasteiger partial charge is 0.481 e. The summed E-state index contributed by atoms with van der Waals surface area (Å²) in [5.41, 5.74) is 5.74. The minimum atomic E-state index is -1.20. The smallest absolute Gasteiger partial charge is 0.310 e. The topological polar surface area (TPSA) is 95.0 Å². The number of amides is 2. The van der Waals surface area contributed by atoms with Crippen LogP contribution in [0.3, 0.4) is 0 Å². The predicted molar refractivity (Wildman–Crippen MR) is 221 cm³/mol. The third kappa shape index (κ3) is 9.90. The number of aliphatic carboxylic acids is 1. The number of alkyl halides is 2. The fourth-order valence-corrected chi connectivity index (χ4v) is 7.53. The molecule has 2 heterocycles. The van der Waals surface area contributed by atoms with E-state index in [4.69, 9.17) is 39.9 Å². The van der Waals surface area contributed by atoms with E-state index < -0.39 is 24.2 Å². The molecule has 0 fully saturated rings. The van der Waals surface area contributed by atoms with Crippen LogP contribution in [0, 0.1) is 0 Å². The molecule has 2 aliphatic heterocycles. The first-order chi connectivity index (χ1) is 27.2. The number of carbonyl (C=O) groups is 4. The zero-order valence-corrected chi connectivity index (χ0v) is 33.4. The molecule has 12 heteroatoms. The van der Waals surface area contributed by atoms with Gasteiger partial charge < -0.3 is 14.9 Å². The lowest BCUT2D eigenvalue weighted by Gasteiger charge is -2.32. The zero-order chi connectivity index (χ0) is 41.0. The van der Waals surface area contributed by atoms with E-state index in [-0.39, 0.29) is 49.4 Å². The number of carboxylic acid groups (broad SMARTS) is 1. The Morgan fingerprint density at radius 2 is 1.09 bits per heavy atom. The second-order valence-electron chi connectivity index (χ2n) is 14.3. The number of halogens is 5. The van der Waals surface area contributed by atoms with Crippen LogP contribution in [-0.4, -0.2) is 54.1 Å². The van der Waals surface area contributed by atoms with Crippen molar-refractivity contribution in [3.8, 4) is 0 Å². The summed E-state index contributed by atoms with van der Waals surface area (Å²) in [6, 6.07) is 30.9. The molecule has 1 N–H and O–H groups in total. The van der Waals surface area contributed by atoms with Gasteiger partial charge in [-0.15, -0.1) is 0 Å². The van der Waals surface area contributed by atoms with Gasteiger partial charge in [0.15, 0.2) is 0 Å². The number of carboxylic acids is 1. The van der Waals surface area contributed by atoms with Crippen LogP contribution in [0.2, 0.25) is 15.1 Å². The van der Waals surface area contributed by atoms with Crippen molar-refractivity contribution in [2.24, 2.45) is 0 Å². The van der Waals surface area contributed by atoms with E-state index >= 15 is 0 Å². The predicted octanol–water partition coefficient (Wildman–Crippen LogP) is 10.5. The summed E-state index contributed by atoms with van der Waals surface area (Å²) < 4.78 is 28.8. The summed E-state index contributed by atoms with van der Waals surface area (Å²) in [6.45, 7) is 3.38. The maximum atomic E-state index is 14.6. The first-order valence-corrected chi connectivity index (χ1v) is 19.5. The highest BCUT2D eigenvalue weighted by Crippen LogP contribution is 2.35. The average Bonchev–Trinajstić information content (AvgIpc) is 3.19. The molecule has 294 valence electrons. The highest BCUT2D eigenvalue weighted by atomic mass is 35.5. The van der Waals surface area contributed by atoms with E-state index in [0.29, 0.717) is 55.1 Å². The van der Waals surface area contributed by atoms with Gasteiger partial charge in [0.05, 0.1) is 19.0 Å². The van der Waals surface area contributed by atoms with Crippen LogP contribution < -0.4 is 9.80 Å². The molecule has 2 aliphatic rings. The van der Waals surface area contributed by atoms with Crippen LogP contribution in [0.5, 0.6) is 0 Å². The lowest BCUT2D eigenvalue weighted by atomic mass is 9.89. The number of ketones is 1. The number of hydrogen-bond donors (Lipinski definition) is 1. The molecule has 4 atom stereocenters. The van der Waals surface area contributed by atoms with Crippen LogP contribution in [0.25, 0.3) is 0 Å². The lowest BCUT2D eigenvalue weighted by molar-refractivity contribution is -0.138. The first-order valence-electron chi connectivity index (χ1n) is 18.4. The van der Waals surface area contributed by atoms with Gasteiger partial charge in [-0.2, -0.15) is 0 Å². The molecule has 57 heavy (non-hydrogen) atoms. The van der Waals surface area contributed by atoms with Gasteiger partial charge in [0.1, 0.15) is 18.1 Å². The Bertz CT molecular complexity index is 2320. The molecule has 2 amide bonds. The Morgan fingerprint density at radius 3 is 1.53 bits per heavy atom. The molecule has 5 aromatic carbocycles. The first kappa shape index (κ1) is 41.5. The SMILES string of the molecule is CC(C(=O)Cc1ccc(Cl)cc1)c1ccc2c(c1)CC(F)CN2C(=O)c1cccc(Cl)c1.CC(C(=O)O)c1ccc2c(c1)CC(F)CN2C(=O)c1cccc(Cl)c1. The van der Waals surface area contributed by atoms with E-state index in [0.717, 1.165) is 16.7 Å². The van der Waals surface area contributed by atoms with E-state index in [1.54, 1.807) is 85.8 Å². The summed E-state index contributed by atoms with van der Waals surface area (Å²) in [5, 5.41) is 10.7. The van der Waals surface area contributed by atoms with Crippen LogP contribution in [-0.2, 0) is 28.9 Å². The van der Waals surface area contributed by atoms with Crippen molar-refractivity contribution in [3.05, 3.63) is 163 Å². The highest BCUT2D eigenvalue weighted by Gasteiger charge is 2.32. The maximum absolute atomic E-state index is 14.6. The Morgan fingerprint density at radius 1 is 0.632 bits per heavy atom. The van der Waals surface area contributed by atoms with Crippen molar-refractivity contribution < 1.29 is 33.1 Å². The standard InChI is InChI=1S/C26H22Cl2FNO2.C19H17ClFNO3/c1-16(25(31)11-17-5-8-21(27)9-6-17)18-7-10-24-20(12-18)14-23(29)15-30(24)26(32)19-3-2-4-22(28)13-19;1-11(19(24)25)12-5-6-17-14(7-12)9-16(21)10-22(17)18(23)13-3-2-4-15(20)8-13/h2-10,12-13,16,23H,11,14-15H2,1H3;2-8,11,16H,9-10H2,1H3,(H,24,25). The fraction of sp³-hybridized carbons (Fsp3) is 0.244. The van der Waals surface area contributed by atoms with Crippen molar-refractivity contribution >= 4 is 69.7 Å². The van der Waals surface area contributed by atoms with Crippen LogP contribution >= 0.6 is 34.8 Å². The summed E-state index contributed by atoms with van der Waals surface area (Å²) in [7, 11) is 0. The molecule has 4 unspecified atom stereocenters. The number of nitrogens with zero attached hydrogens (tertiary/aromatic N) is 2. The Kier molecular flexibility index (Phi) is 13.1. The van der Waals surface area contributed by atoms with Gasteiger partial charge in [-0.1, -0.05) is 90.3 Å². The normalized spacial score (nSPS) is 17.0. The lowest BCUT2D eigenvalue weighted by Crippen LogP contribution is -2.41. The van der Waals surface area contributed by atoms with E-state index in [1.807, 2.05) is 37.3 Å². The second kappa shape index (κ2) is 18.0. The van der Waals surface area contributed by atoms with Crippen molar-refractivity contribution in [3.63, 3.8) is 0 Å². The molecule has 0 aromatic heterocycles. The fourth-order valence-electron chi connectivity index (χ4n) is 7.03. The minimum absolute atomic E-state index is 0.0112. The number of anilines is 2. The Hall–Kier alpha value is -5.09.